The summed E-state index contributed by atoms with van der Waals surface area (Å²) in [5.41, 5.74) is 2.46. The van der Waals surface area contributed by atoms with E-state index in [1.165, 1.54) is 24.3 Å². The first kappa shape index (κ1) is 27.8. The summed E-state index contributed by atoms with van der Waals surface area (Å²) in [5, 5.41) is 3.03. The molecular formula is C25H28ClN3O5S2. The standard InChI is InChI=1S/C25H28ClN3O5S2/c1-19-6-10-23(11-7-19)35(31,32)28-15-14-27-25(30)18-29(17-21-4-3-5-22(26)16-21)36(33,34)24-12-8-20(2)9-13-24/h3-13,16,28H,14-15,17-18H2,1-2H3,(H,27,30). The van der Waals surface area contributed by atoms with Gasteiger partial charge in [-0.05, 0) is 55.8 Å². The van der Waals surface area contributed by atoms with Crippen LogP contribution in [0.1, 0.15) is 16.7 Å². The van der Waals surface area contributed by atoms with Crippen LogP contribution in [0.25, 0.3) is 0 Å². The van der Waals surface area contributed by atoms with E-state index in [1.54, 1.807) is 48.5 Å². The van der Waals surface area contributed by atoms with E-state index in [1.807, 2.05) is 13.8 Å². The molecule has 0 aliphatic heterocycles. The molecule has 0 bridgehead atoms. The Labute approximate surface area is 217 Å². The van der Waals surface area contributed by atoms with Gasteiger partial charge in [-0.2, -0.15) is 4.31 Å². The Morgan fingerprint density at radius 1 is 0.833 bits per heavy atom. The zero-order valence-corrected chi connectivity index (χ0v) is 22.3. The molecule has 8 nitrogen and oxygen atoms in total. The molecule has 0 aromatic heterocycles. The van der Waals surface area contributed by atoms with Crippen LogP contribution in [-0.2, 0) is 31.4 Å². The molecular weight excluding hydrogens is 522 g/mol. The maximum absolute atomic E-state index is 13.3. The predicted molar refractivity (Wildman–Crippen MR) is 140 cm³/mol. The van der Waals surface area contributed by atoms with Crippen LogP contribution in [0.3, 0.4) is 0 Å². The molecule has 0 radical (unpaired) electrons. The Kier molecular flexibility index (Phi) is 9.26. The van der Waals surface area contributed by atoms with Crippen LogP contribution >= 0.6 is 11.6 Å². The molecule has 3 aromatic rings. The highest BCUT2D eigenvalue weighted by molar-refractivity contribution is 7.89. The molecule has 0 fully saturated rings. The van der Waals surface area contributed by atoms with Gasteiger partial charge in [0.05, 0.1) is 16.3 Å². The SMILES string of the molecule is Cc1ccc(S(=O)(=O)NCCNC(=O)CN(Cc2cccc(Cl)c2)S(=O)(=O)c2ccc(C)cc2)cc1. The number of hydrogen-bond donors (Lipinski definition) is 2. The molecule has 2 N–H and O–H groups in total. The number of rotatable bonds is 11. The van der Waals surface area contributed by atoms with Gasteiger partial charge >= 0.3 is 0 Å². The third-order valence-electron chi connectivity index (χ3n) is 5.30. The highest BCUT2D eigenvalue weighted by Crippen LogP contribution is 2.20. The van der Waals surface area contributed by atoms with Crippen molar-refractivity contribution in [3.63, 3.8) is 0 Å². The summed E-state index contributed by atoms with van der Waals surface area (Å²) in [7, 11) is -7.73. The number of carbonyl (C=O) groups excluding carboxylic acids is 1. The lowest BCUT2D eigenvalue weighted by molar-refractivity contribution is -0.121. The van der Waals surface area contributed by atoms with Crippen LogP contribution in [0.4, 0.5) is 0 Å². The minimum Gasteiger partial charge on any atom is -0.354 e. The van der Waals surface area contributed by atoms with Gasteiger partial charge in [0, 0.05) is 24.7 Å². The van der Waals surface area contributed by atoms with Crippen molar-refractivity contribution in [3.05, 3.63) is 94.5 Å². The van der Waals surface area contributed by atoms with E-state index in [9.17, 15) is 21.6 Å². The average molecular weight is 550 g/mol. The van der Waals surface area contributed by atoms with Gasteiger partial charge in [0.25, 0.3) is 0 Å². The van der Waals surface area contributed by atoms with Crippen LogP contribution in [-0.4, -0.2) is 46.7 Å². The van der Waals surface area contributed by atoms with E-state index in [-0.39, 0.29) is 29.4 Å². The van der Waals surface area contributed by atoms with Gasteiger partial charge in [-0.1, -0.05) is 59.1 Å². The van der Waals surface area contributed by atoms with Gasteiger partial charge in [-0.25, -0.2) is 21.6 Å². The molecule has 0 saturated heterocycles. The van der Waals surface area contributed by atoms with Crippen LogP contribution in [0.5, 0.6) is 0 Å². The molecule has 1 amide bonds. The Morgan fingerprint density at radius 3 is 2.00 bits per heavy atom. The predicted octanol–water partition coefficient (Wildman–Crippen LogP) is 3.24. The Morgan fingerprint density at radius 2 is 1.42 bits per heavy atom. The maximum Gasteiger partial charge on any atom is 0.243 e. The second-order valence-corrected chi connectivity index (χ2v) is 12.4. The molecule has 0 aliphatic rings. The van der Waals surface area contributed by atoms with Crippen molar-refractivity contribution < 1.29 is 21.6 Å². The van der Waals surface area contributed by atoms with Crippen molar-refractivity contribution in [2.75, 3.05) is 19.6 Å². The topological polar surface area (TPSA) is 113 Å². The number of hydrogen-bond acceptors (Lipinski definition) is 5. The number of aryl methyl sites for hydroxylation is 2. The second kappa shape index (κ2) is 12.0. The van der Waals surface area contributed by atoms with Crippen LogP contribution in [0.15, 0.2) is 82.6 Å². The molecule has 0 aliphatic carbocycles. The number of halogens is 1. The number of sulfonamides is 2. The van der Waals surface area contributed by atoms with Gasteiger partial charge < -0.3 is 5.32 Å². The first-order valence-electron chi connectivity index (χ1n) is 11.1. The Balaban J connectivity index is 1.66. The quantitative estimate of drug-likeness (QED) is 0.357. The minimum absolute atomic E-state index is 0.0144. The van der Waals surface area contributed by atoms with Crippen molar-refractivity contribution in [3.8, 4) is 0 Å². The first-order chi connectivity index (χ1) is 17.0. The molecule has 36 heavy (non-hydrogen) atoms. The molecule has 0 atom stereocenters. The summed E-state index contributed by atoms with van der Waals surface area (Å²) in [6, 6.07) is 19.5. The average Bonchev–Trinajstić information content (AvgIpc) is 2.82. The van der Waals surface area contributed by atoms with Gasteiger partial charge in [0.2, 0.25) is 26.0 Å². The monoisotopic (exact) mass is 549 g/mol. The highest BCUT2D eigenvalue weighted by Gasteiger charge is 2.27. The van der Waals surface area contributed by atoms with Crippen LogP contribution in [0, 0.1) is 13.8 Å². The van der Waals surface area contributed by atoms with E-state index < -0.39 is 32.5 Å². The van der Waals surface area contributed by atoms with Crippen molar-refractivity contribution in [2.24, 2.45) is 0 Å². The third-order valence-corrected chi connectivity index (χ3v) is 8.82. The van der Waals surface area contributed by atoms with Crippen molar-refractivity contribution >= 4 is 37.6 Å². The summed E-state index contributed by atoms with van der Waals surface area (Å²) in [4.78, 5) is 12.8. The fraction of sp³-hybridized carbons (Fsp3) is 0.240. The molecule has 0 unspecified atom stereocenters. The summed E-state index contributed by atoms with van der Waals surface area (Å²) in [6.45, 7) is 3.12. The van der Waals surface area contributed by atoms with Crippen molar-refractivity contribution in [2.45, 2.75) is 30.2 Å². The van der Waals surface area contributed by atoms with E-state index in [4.69, 9.17) is 11.6 Å². The van der Waals surface area contributed by atoms with Gasteiger partial charge in [-0.3, -0.25) is 4.79 Å². The number of nitrogens with one attached hydrogen (secondary N) is 2. The van der Waals surface area contributed by atoms with Crippen LogP contribution in [0.2, 0.25) is 5.02 Å². The zero-order chi connectivity index (χ0) is 26.3. The van der Waals surface area contributed by atoms with Gasteiger partial charge in [0.1, 0.15) is 0 Å². The van der Waals surface area contributed by atoms with Crippen molar-refractivity contribution in [1.29, 1.82) is 0 Å². The second-order valence-electron chi connectivity index (χ2n) is 8.28. The summed E-state index contributed by atoms with van der Waals surface area (Å²) in [6.07, 6.45) is 0. The Bertz CT molecular complexity index is 1410. The normalized spacial score (nSPS) is 12.0. The van der Waals surface area contributed by atoms with E-state index in [0.29, 0.717) is 10.6 Å². The molecule has 0 heterocycles. The molecule has 0 spiro atoms. The Hall–Kier alpha value is -2.76. The first-order valence-corrected chi connectivity index (χ1v) is 14.4. The molecule has 11 heteroatoms. The molecule has 192 valence electrons. The fourth-order valence-corrected chi connectivity index (χ4v) is 5.96. The summed E-state index contributed by atoms with van der Waals surface area (Å²) in [5.74, 6) is -0.567. The van der Waals surface area contributed by atoms with Gasteiger partial charge in [-0.15, -0.1) is 0 Å². The fourth-order valence-electron chi connectivity index (χ4n) is 3.33. The number of amides is 1. The van der Waals surface area contributed by atoms with Crippen LogP contribution < -0.4 is 10.0 Å². The number of nitrogens with zero attached hydrogens (tertiary/aromatic N) is 1. The highest BCUT2D eigenvalue weighted by atomic mass is 35.5. The summed E-state index contributed by atoms with van der Waals surface area (Å²) < 4.78 is 54.9. The zero-order valence-electron chi connectivity index (χ0n) is 19.9. The minimum atomic E-state index is -4.00. The third kappa shape index (κ3) is 7.62. The summed E-state index contributed by atoms with van der Waals surface area (Å²) >= 11 is 6.05. The number of benzene rings is 3. The molecule has 0 saturated carbocycles. The number of carbonyl (C=O) groups is 1. The molecule has 3 rings (SSSR count). The lowest BCUT2D eigenvalue weighted by Crippen LogP contribution is -2.42. The maximum atomic E-state index is 13.3. The van der Waals surface area contributed by atoms with Gasteiger partial charge in [0.15, 0.2) is 0 Å². The lowest BCUT2D eigenvalue weighted by atomic mass is 10.2. The van der Waals surface area contributed by atoms with E-state index in [0.717, 1.165) is 15.4 Å². The van der Waals surface area contributed by atoms with Crippen molar-refractivity contribution in [1.82, 2.24) is 14.3 Å². The molecule has 3 aromatic carbocycles. The van der Waals surface area contributed by atoms with E-state index >= 15 is 0 Å². The largest absolute Gasteiger partial charge is 0.354 e. The lowest BCUT2D eigenvalue weighted by Gasteiger charge is -2.22. The van der Waals surface area contributed by atoms with E-state index in [2.05, 4.69) is 10.0 Å². The smallest absolute Gasteiger partial charge is 0.243 e.